The zero-order valence-electron chi connectivity index (χ0n) is 10.3. The van der Waals surface area contributed by atoms with Gasteiger partial charge in [0.15, 0.2) is 0 Å². The molecule has 1 unspecified atom stereocenters. The Balaban J connectivity index is 2.12. The van der Waals surface area contributed by atoms with Crippen LogP contribution in [0, 0.1) is 5.92 Å². The van der Waals surface area contributed by atoms with E-state index in [0.717, 1.165) is 16.9 Å². The first-order valence-corrected chi connectivity index (χ1v) is 6.34. The fourth-order valence-corrected chi connectivity index (χ4v) is 2.55. The number of carboxylic acids is 1. The number of rotatable bonds is 4. The zero-order chi connectivity index (χ0) is 12.7. The smallest absolute Gasteiger partial charge is 0.323 e. The molecule has 0 amide bonds. The van der Waals surface area contributed by atoms with Gasteiger partial charge in [0.25, 0.3) is 0 Å². The second-order valence-electron chi connectivity index (χ2n) is 5.06. The summed E-state index contributed by atoms with van der Waals surface area (Å²) in [5, 5.41) is 9.06. The summed E-state index contributed by atoms with van der Waals surface area (Å²) in [6.07, 6.45) is 2.47. The standard InChI is InChI=1S/C14H16N2O2/c1-9(10-6-7-10)14-15-11-4-2-3-5-12(11)16(14)8-13(17)18/h2-5,9-10H,6-8H2,1H3,(H,17,18). The van der Waals surface area contributed by atoms with Gasteiger partial charge in [0, 0.05) is 5.92 Å². The van der Waals surface area contributed by atoms with E-state index in [9.17, 15) is 4.79 Å². The van der Waals surface area contributed by atoms with Gasteiger partial charge in [-0.15, -0.1) is 0 Å². The van der Waals surface area contributed by atoms with Crippen LogP contribution in [0.1, 0.15) is 31.5 Å². The lowest BCUT2D eigenvalue weighted by Crippen LogP contribution is -2.14. The number of aromatic nitrogens is 2. The van der Waals surface area contributed by atoms with E-state index in [0.29, 0.717) is 11.8 Å². The average molecular weight is 244 g/mol. The number of hydrogen-bond acceptors (Lipinski definition) is 2. The maximum Gasteiger partial charge on any atom is 0.323 e. The predicted molar refractivity (Wildman–Crippen MR) is 68.5 cm³/mol. The number of fused-ring (bicyclic) bond motifs is 1. The van der Waals surface area contributed by atoms with Gasteiger partial charge in [-0.05, 0) is 30.9 Å². The Hall–Kier alpha value is -1.84. The van der Waals surface area contributed by atoms with E-state index < -0.39 is 5.97 Å². The lowest BCUT2D eigenvalue weighted by atomic mass is 10.1. The van der Waals surface area contributed by atoms with Crippen LogP contribution in [-0.4, -0.2) is 20.6 Å². The minimum absolute atomic E-state index is 0.00704. The molecule has 1 aromatic heterocycles. The highest BCUT2D eigenvalue weighted by Gasteiger charge is 2.32. The molecule has 0 aliphatic heterocycles. The molecule has 3 rings (SSSR count). The number of carboxylic acid groups (broad SMARTS) is 1. The van der Waals surface area contributed by atoms with E-state index in [1.54, 1.807) is 0 Å². The molecule has 0 saturated heterocycles. The molecule has 0 spiro atoms. The monoisotopic (exact) mass is 244 g/mol. The summed E-state index contributed by atoms with van der Waals surface area (Å²) in [7, 11) is 0. The van der Waals surface area contributed by atoms with Gasteiger partial charge in [0.2, 0.25) is 0 Å². The Morgan fingerprint density at radius 2 is 2.22 bits per heavy atom. The fraction of sp³-hybridized carbons (Fsp3) is 0.429. The van der Waals surface area contributed by atoms with E-state index in [4.69, 9.17) is 5.11 Å². The van der Waals surface area contributed by atoms with Gasteiger partial charge in [0.1, 0.15) is 12.4 Å². The number of hydrogen-bond donors (Lipinski definition) is 1. The zero-order valence-corrected chi connectivity index (χ0v) is 10.3. The first-order valence-electron chi connectivity index (χ1n) is 6.34. The molecule has 18 heavy (non-hydrogen) atoms. The van der Waals surface area contributed by atoms with E-state index in [1.807, 2.05) is 28.8 Å². The molecule has 0 radical (unpaired) electrons. The van der Waals surface area contributed by atoms with Gasteiger partial charge in [-0.25, -0.2) is 4.98 Å². The summed E-state index contributed by atoms with van der Waals surface area (Å²) in [4.78, 5) is 15.6. The minimum Gasteiger partial charge on any atom is -0.480 e. The van der Waals surface area contributed by atoms with Crippen LogP contribution in [0.2, 0.25) is 0 Å². The van der Waals surface area contributed by atoms with Crippen LogP contribution in [0.25, 0.3) is 11.0 Å². The molecule has 0 bridgehead atoms. The minimum atomic E-state index is -0.817. The van der Waals surface area contributed by atoms with Crippen molar-refractivity contribution in [3.05, 3.63) is 30.1 Å². The Labute approximate surface area is 105 Å². The van der Waals surface area contributed by atoms with Crippen molar-refractivity contribution in [1.82, 2.24) is 9.55 Å². The molecule has 1 fully saturated rings. The van der Waals surface area contributed by atoms with Gasteiger partial charge < -0.3 is 9.67 Å². The van der Waals surface area contributed by atoms with Gasteiger partial charge in [0.05, 0.1) is 11.0 Å². The molecule has 4 nitrogen and oxygen atoms in total. The molecule has 2 aromatic rings. The third-order valence-corrected chi connectivity index (χ3v) is 3.71. The fourth-order valence-electron chi connectivity index (χ4n) is 2.55. The van der Waals surface area contributed by atoms with Crippen LogP contribution in [0.15, 0.2) is 24.3 Å². The molecule has 1 atom stereocenters. The number of para-hydroxylation sites is 2. The highest BCUT2D eigenvalue weighted by Crippen LogP contribution is 2.42. The van der Waals surface area contributed by atoms with Crippen molar-refractivity contribution >= 4 is 17.0 Å². The van der Waals surface area contributed by atoms with E-state index in [1.165, 1.54) is 12.8 Å². The third-order valence-electron chi connectivity index (χ3n) is 3.71. The van der Waals surface area contributed by atoms with E-state index >= 15 is 0 Å². The summed E-state index contributed by atoms with van der Waals surface area (Å²) >= 11 is 0. The van der Waals surface area contributed by atoms with Crippen molar-refractivity contribution in [2.24, 2.45) is 5.92 Å². The third kappa shape index (κ3) is 1.88. The largest absolute Gasteiger partial charge is 0.480 e. The van der Waals surface area contributed by atoms with Gasteiger partial charge in [-0.1, -0.05) is 19.1 Å². The molecular formula is C14H16N2O2. The SMILES string of the molecule is CC(c1nc2ccccc2n1CC(=O)O)C1CC1. The van der Waals surface area contributed by atoms with Crippen LogP contribution < -0.4 is 0 Å². The van der Waals surface area contributed by atoms with E-state index in [2.05, 4.69) is 11.9 Å². The molecule has 1 aromatic carbocycles. The average Bonchev–Trinajstić information content (AvgIpc) is 3.12. The Morgan fingerprint density at radius 3 is 2.89 bits per heavy atom. The van der Waals surface area contributed by atoms with Crippen LogP contribution in [0.4, 0.5) is 0 Å². The van der Waals surface area contributed by atoms with Crippen LogP contribution in [0.3, 0.4) is 0 Å². The molecule has 4 heteroatoms. The maximum atomic E-state index is 11.0. The first kappa shape index (κ1) is 11.3. The first-order chi connectivity index (χ1) is 8.66. The van der Waals surface area contributed by atoms with Gasteiger partial charge >= 0.3 is 5.97 Å². The molecule has 94 valence electrons. The summed E-state index contributed by atoms with van der Waals surface area (Å²) in [5.41, 5.74) is 1.81. The number of aliphatic carboxylic acids is 1. The molecule has 1 aliphatic rings. The normalized spacial score (nSPS) is 16.9. The van der Waals surface area contributed by atoms with Crippen LogP contribution >= 0.6 is 0 Å². The number of nitrogens with zero attached hydrogens (tertiary/aromatic N) is 2. The summed E-state index contributed by atoms with van der Waals surface area (Å²) in [6, 6.07) is 7.74. The maximum absolute atomic E-state index is 11.0. The number of carbonyl (C=O) groups is 1. The van der Waals surface area contributed by atoms with Crippen molar-refractivity contribution in [2.45, 2.75) is 32.2 Å². The topological polar surface area (TPSA) is 55.1 Å². The quantitative estimate of drug-likeness (QED) is 0.899. The lowest BCUT2D eigenvalue weighted by Gasteiger charge is -2.12. The summed E-state index contributed by atoms with van der Waals surface area (Å²) in [5.74, 6) is 1.12. The molecule has 1 aliphatic carbocycles. The Bertz CT molecular complexity index is 599. The number of imidazole rings is 1. The van der Waals surface area contributed by atoms with E-state index in [-0.39, 0.29) is 6.54 Å². The van der Waals surface area contributed by atoms with Crippen molar-refractivity contribution in [3.8, 4) is 0 Å². The van der Waals surface area contributed by atoms with Crippen LogP contribution in [0.5, 0.6) is 0 Å². The summed E-state index contributed by atoms with van der Waals surface area (Å²) < 4.78 is 1.85. The lowest BCUT2D eigenvalue weighted by molar-refractivity contribution is -0.137. The predicted octanol–water partition coefficient (Wildman–Crippen LogP) is 2.63. The highest BCUT2D eigenvalue weighted by atomic mass is 16.4. The van der Waals surface area contributed by atoms with Gasteiger partial charge in [-0.2, -0.15) is 0 Å². The Morgan fingerprint density at radius 1 is 1.50 bits per heavy atom. The molecular weight excluding hydrogens is 228 g/mol. The van der Waals surface area contributed by atoms with Crippen molar-refractivity contribution in [1.29, 1.82) is 0 Å². The highest BCUT2D eigenvalue weighted by molar-refractivity contribution is 5.78. The molecule has 1 heterocycles. The Kier molecular flexibility index (Phi) is 2.58. The molecule has 1 N–H and O–H groups in total. The van der Waals surface area contributed by atoms with Crippen molar-refractivity contribution in [2.75, 3.05) is 0 Å². The van der Waals surface area contributed by atoms with Gasteiger partial charge in [-0.3, -0.25) is 4.79 Å². The van der Waals surface area contributed by atoms with Crippen LogP contribution in [-0.2, 0) is 11.3 Å². The molecule has 1 saturated carbocycles. The second-order valence-corrected chi connectivity index (χ2v) is 5.06. The second kappa shape index (κ2) is 4.12. The number of benzene rings is 1. The summed E-state index contributed by atoms with van der Waals surface area (Å²) in [6.45, 7) is 2.14. The van der Waals surface area contributed by atoms with Crippen molar-refractivity contribution in [3.63, 3.8) is 0 Å². The van der Waals surface area contributed by atoms with Crippen molar-refractivity contribution < 1.29 is 9.90 Å².